The van der Waals surface area contributed by atoms with Crippen LogP contribution in [0.15, 0.2) is 12.1 Å². The van der Waals surface area contributed by atoms with Crippen LogP contribution in [0.4, 0.5) is 8.78 Å². The largest absolute Gasteiger partial charge is 0.497 e. The van der Waals surface area contributed by atoms with Gasteiger partial charge >= 0.3 is 0 Å². The van der Waals surface area contributed by atoms with Gasteiger partial charge in [-0.25, -0.2) is 8.78 Å². The molecule has 2 saturated carbocycles. The van der Waals surface area contributed by atoms with E-state index in [9.17, 15) is 18.7 Å². The van der Waals surface area contributed by atoms with E-state index in [-0.39, 0.29) is 17.9 Å². The highest BCUT2D eigenvalue weighted by Crippen LogP contribution is 2.45. The second-order valence-corrected chi connectivity index (χ2v) is 6.65. The lowest BCUT2D eigenvalue weighted by atomic mass is 10.0. The monoisotopic (exact) mass is 325 g/mol. The summed E-state index contributed by atoms with van der Waals surface area (Å²) < 4.78 is 33.0. The molecule has 0 bridgehead atoms. The van der Waals surface area contributed by atoms with Crippen molar-refractivity contribution in [2.75, 3.05) is 14.2 Å². The van der Waals surface area contributed by atoms with Gasteiger partial charge in [0.15, 0.2) is 0 Å². The van der Waals surface area contributed by atoms with Crippen LogP contribution >= 0.6 is 0 Å². The van der Waals surface area contributed by atoms with E-state index in [0.29, 0.717) is 11.8 Å². The SMILES string of the molecule is COc1cc(F)c(C(=O)N(C)C2C[C@H]3CC(O)C[C@H]3C2)c(F)c1. The van der Waals surface area contributed by atoms with Gasteiger partial charge in [0.1, 0.15) is 22.9 Å². The van der Waals surface area contributed by atoms with Crippen LogP contribution in [0.5, 0.6) is 5.75 Å². The summed E-state index contributed by atoms with van der Waals surface area (Å²) in [5.41, 5.74) is -0.537. The number of carbonyl (C=O) groups is 1. The van der Waals surface area contributed by atoms with Crippen molar-refractivity contribution in [3.8, 4) is 5.75 Å². The molecule has 0 spiro atoms. The number of nitrogens with zero attached hydrogens (tertiary/aromatic N) is 1. The van der Waals surface area contributed by atoms with E-state index >= 15 is 0 Å². The van der Waals surface area contributed by atoms with Gasteiger partial charge in [0, 0.05) is 25.2 Å². The van der Waals surface area contributed by atoms with E-state index in [4.69, 9.17) is 4.74 Å². The van der Waals surface area contributed by atoms with Crippen LogP contribution in [-0.4, -0.2) is 42.2 Å². The number of methoxy groups -OCH3 is 1. The van der Waals surface area contributed by atoms with E-state index in [0.717, 1.165) is 37.8 Å². The lowest BCUT2D eigenvalue weighted by Gasteiger charge is -2.26. The van der Waals surface area contributed by atoms with Crippen molar-refractivity contribution in [2.24, 2.45) is 11.8 Å². The third kappa shape index (κ3) is 2.92. The zero-order valence-electron chi connectivity index (χ0n) is 13.3. The summed E-state index contributed by atoms with van der Waals surface area (Å²) in [5.74, 6) is -1.62. The van der Waals surface area contributed by atoms with Gasteiger partial charge in [-0.15, -0.1) is 0 Å². The molecule has 1 amide bonds. The van der Waals surface area contributed by atoms with Crippen LogP contribution in [0.1, 0.15) is 36.0 Å². The van der Waals surface area contributed by atoms with E-state index in [1.54, 1.807) is 7.05 Å². The molecule has 1 N–H and O–H groups in total. The standard InChI is InChI=1S/C17H21F2NO3/c1-20(11-3-9-5-12(21)6-10(9)4-11)17(22)16-14(18)7-13(23-2)8-15(16)19/h7-12,21H,3-6H2,1-2H3/t9-,10+,11?,12?. The van der Waals surface area contributed by atoms with Gasteiger partial charge in [0.05, 0.1) is 13.2 Å². The first-order chi connectivity index (χ1) is 10.9. The Bertz CT molecular complexity index is 585. The maximum absolute atomic E-state index is 14.1. The van der Waals surface area contributed by atoms with Crippen molar-refractivity contribution >= 4 is 5.91 Å². The maximum atomic E-state index is 14.1. The zero-order chi connectivity index (χ0) is 16.7. The third-order valence-corrected chi connectivity index (χ3v) is 5.30. The fourth-order valence-electron chi connectivity index (χ4n) is 4.08. The molecule has 126 valence electrons. The molecule has 3 rings (SSSR count). The summed E-state index contributed by atoms with van der Waals surface area (Å²) in [6.45, 7) is 0. The molecule has 0 saturated heterocycles. The van der Waals surface area contributed by atoms with Crippen molar-refractivity contribution in [1.29, 1.82) is 0 Å². The van der Waals surface area contributed by atoms with Gasteiger partial charge in [0.25, 0.3) is 5.91 Å². The minimum atomic E-state index is -0.910. The van der Waals surface area contributed by atoms with Crippen LogP contribution in [0, 0.1) is 23.5 Å². The van der Waals surface area contributed by atoms with Gasteiger partial charge in [0.2, 0.25) is 0 Å². The average molecular weight is 325 g/mol. The molecule has 4 nitrogen and oxygen atoms in total. The molecule has 2 unspecified atom stereocenters. The van der Waals surface area contributed by atoms with Crippen molar-refractivity contribution < 1.29 is 23.4 Å². The summed E-state index contributed by atoms with van der Waals surface area (Å²) in [4.78, 5) is 14.0. The minimum Gasteiger partial charge on any atom is -0.497 e. The first kappa shape index (κ1) is 16.2. The number of aliphatic hydroxyl groups excluding tert-OH is 1. The summed E-state index contributed by atoms with van der Waals surface area (Å²) in [5, 5.41) is 9.68. The summed E-state index contributed by atoms with van der Waals surface area (Å²) in [7, 11) is 2.90. The van der Waals surface area contributed by atoms with Crippen LogP contribution in [0.25, 0.3) is 0 Å². The molecule has 6 heteroatoms. The van der Waals surface area contributed by atoms with Crippen LogP contribution in [0.3, 0.4) is 0 Å². The molecule has 2 fully saturated rings. The Morgan fingerprint density at radius 2 is 1.70 bits per heavy atom. The Labute approximate surface area is 134 Å². The number of carbonyl (C=O) groups excluding carboxylic acids is 1. The summed E-state index contributed by atoms with van der Waals surface area (Å²) in [6.07, 6.45) is 2.83. The molecule has 0 aliphatic heterocycles. The van der Waals surface area contributed by atoms with Gasteiger partial charge in [-0.2, -0.15) is 0 Å². The van der Waals surface area contributed by atoms with Crippen LogP contribution < -0.4 is 4.74 Å². The number of benzene rings is 1. The molecule has 0 aromatic heterocycles. The highest BCUT2D eigenvalue weighted by molar-refractivity contribution is 5.95. The molecule has 0 heterocycles. The Morgan fingerprint density at radius 3 is 2.17 bits per heavy atom. The fraction of sp³-hybridized carbons (Fsp3) is 0.588. The molecule has 2 aliphatic rings. The normalized spacial score (nSPS) is 29.4. The summed E-state index contributed by atoms with van der Waals surface area (Å²) in [6, 6.07) is 2.00. The zero-order valence-corrected chi connectivity index (χ0v) is 13.3. The predicted octanol–water partition coefficient (Wildman–Crippen LogP) is 2.59. The van der Waals surface area contributed by atoms with E-state index in [1.165, 1.54) is 12.0 Å². The van der Waals surface area contributed by atoms with Crippen molar-refractivity contribution in [3.05, 3.63) is 29.3 Å². The molecule has 1 aromatic carbocycles. The number of aliphatic hydroxyl groups is 1. The molecule has 1 aromatic rings. The van der Waals surface area contributed by atoms with Crippen molar-refractivity contribution in [2.45, 2.75) is 37.8 Å². The fourth-order valence-corrected chi connectivity index (χ4v) is 4.08. The highest BCUT2D eigenvalue weighted by atomic mass is 19.1. The Hall–Kier alpha value is -1.69. The summed E-state index contributed by atoms with van der Waals surface area (Å²) >= 11 is 0. The minimum absolute atomic E-state index is 0.0362. The average Bonchev–Trinajstić information content (AvgIpc) is 3.02. The molecular formula is C17H21F2NO3. The number of fused-ring (bicyclic) bond motifs is 1. The molecule has 0 radical (unpaired) electrons. The lowest BCUT2D eigenvalue weighted by molar-refractivity contribution is 0.0712. The second kappa shape index (κ2) is 6.07. The number of hydrogen-bond donors (Lipinski definition) is 1. The Balaban J connectivity index is 1.76. The topological polar surface area (TPSA) is 49.8 Å². The first-order valence-corrected chi connectivity index (χ1v) is 7.89. The molecule has 4 atom stereocenters. The van der Waals surface area contributed by atoms with E-state index in [2.05, 4.69) is 0 Å². The van der Waals surface area contributed by atoms with Gasteiger partial charge in [-0.3, -0.25) is 4.79 Å². The maximum Gasteiger partial charge on any atom is 0.259 e. The number of rotatable bonds is 3. The van der Waals surface area contributed by atoms with Crippen molar-refractivity contribution in [1.82, 2.24) is 4.90 Å². The van der Waals surface area contributed by atoms with Gasteiger partial charge in [-0.1, -0.05) is 0 Å². The van der Waals surface area contributed by atoms with Gasteiger partial charge < -0.3 is 14.7 Å². The number of ether oxygens (including phenoxy) is 1. The quantitative estimate of drug-likeness (QED) is 0.929. The van der Waals surface area contributed by atoms with Gasteiger partial charge in [-0.05, 0) is 37.5 Å². The first-order valence-electron chi connectivity index (χ1n) is 7.89. The second-order valence-electron chi connectivity index (χ2n) is 6.65. The van der Waals surface area contributed by atoms with E-state index < -0.39 is 23.1 Å². The lowest BCUT2D eigenvalue weighted by Crippen LogP contribution is -2.37. The highest BCUT2D eigenvalue weighted by Gasteiger charge is 2.43. The smallest absolute Gasteiger partial charge is 0.259 e. The third-order valence-electron chi connectivity index (χ3n) is 5.30. The Morgan fingerprint density at radius 1 is 1.17 bits per heavy atom. The molecule has 2 aliphatic carbocycles. The van der Waals surface area contributed by atoms with Crippen molar-refractivity contribution in [3.63, 3.8) is 0 Å². The number of hydrogen-bond acceptors (Lipinski definition) is 3. The molecular weight excluding hydrogens is 304 g/mol. The number of halogens is 2. The van der Waals surface area contributed by atoms with E-state index in [1.807, 2.05) is 0 Å². The Kier molecular flexibility index (Phi) is 4.27. The van der Waals surface area contributed by atoms with Crippen LogP contribution in [-0.2, 0) is 0 Å². The predicted molar refractivity (Wildman–Crippen MR) is 80.2 cm³/mol. The molecule has 23 heavy (non-hydrogen) atoms. The number of amides is 1. The van der Waals surface area contributed by atoms with Crippen LogP contribution in [0.2, 0.25) is 0 Å².